The molecule has 1 aliphatic heterocycles. The molecule has 148 valence electrons. The number of carbonyl (C=O) groups excluding carboxylic acids is 1. The Labute approximate surface area is 155 Å². The molecule has 1 amide bonds. The van der Waals surface area contributed by atoms with Gasteiger partial charge < -0.3 is 14.7 Å². The first-order valence-corrected chi connectivity index (χ1v) is 9.10. The minimum Gasteiger partial charge on any atom is -0.481 e. The van der Waals surface area contributed by atoms with Crippen LogP contribution < -0.4 is 4.74 Å². The maximum atomic E-state index is 12.7. The van der Waals surface area contributed by atoms with Gasteiger partial charge in [-0.3, -0.25) is 9.59 Å². The van der Waals surface area contributed by atoms with Gasteiger partial charge in [0, 0.05) is 24.9 Å². The van der Waals surface area contributed by atoms with Gasteiger partial charge in [0.25, 0.3) is 0 Å². The van der Waals surface area contributed by atoms with Crippen LogP contribution in [0, 0.1) is 11.8 Å². The fourth-order valence-electron chi connectivity index (χ4n) is 4.07. The molecule has 8 heteroatoms. The van der Waals surface area contributed by atoms with E-state index in [4.69, 9.17) is 0 Å². The normalized spacial score (nSPS) is 24.0. The van der Waals surface area contributed by atoms with E-state index >= 15 is 0 Å². The summed E-state index contributed by atoms with van der Waals surface area (Å²) in [5.74, 6) is -2.23. The highest BCUT2D eigenvalue weighted by Gasteiger charge is 2.37. The summed E-state index contributed by atoms with van der Waals surface area (Å²) in [6.07, 6.45) is -0.718. The topological polar surface area (TPSA) is 66.8 Å². The minimum absolute atomic E-state index is 0.000440. The summed E-state index contributed by atoms with van der Waals surface area (Å²) in [6, 6.07) is 5.45. The smallest absolute Gasteiger partial charge is 0.481 e. The van der Waals surface area contributed by atoms with Crippen LogP contribution in [0.15, 0.2) is 24.3 Å². The summed E-state index contributed by atoms with van der Waals surface area (Å²) in [7, 11) is 0. The van der Waals surface area contributed by atoms with Crippen molar-refractivity contribution in [3.05, 3.63) is 29.8 Å². The van der Waals surface area contributed by atoms with E-state index < -0.39 is 18.2 Å². The lowest BCUT2D eigenvalue weighted by molar-refractivity contribution is -0.274. The van der Waals surface area contributed by atoms with Crippen molar-refractivity contribution in [3.63, 3.8) is 0 Å². The highest BCUT2D eigenvalue weighted by molar-refractivity contribution is 5.80. The number of rotatable bonds is 4. The molecule has 0 spiro atoms. The summed E-state index contributed by atoms with van der Waals surface area (Å²) in [5, 5.41) is 9.46. The molecule has 1 saturated carbocycles. The van der Waals surface area contributed by atoms with E-state index in [2.05, 4.69) is 4.74 Å². The summed E-state index contributed by atoms with van der Waals surface area (Å²) in [4.78, 5) is 25.9. The Kier molecular flexibility index (Phi) is 5.62. The molecule has 1 aliphatic carbocycles. The Balaban J connectivity index is 1.74. The second kappa shape index (κ2) is 7.78. The van der Waals surface area contributed by atoms with Gasteiger partial charge in [-0.2, -0.15) is 0 Å². The van der Waals surface area contributed by atoms with Gasteiger partial charge >= 0.3 is 12.3 Å². The predicted molar refractivity (Wildman–Crippen MR) is 90.1 cm³/mol. The van der Waals surface area contributed by atoms with Gasteiger partial charge in [0.15, 0.2) is 0 Å². The molecule has 0 radical (unpaired) electrons. The second-order valence-corrected chi connectivity index (χ2v) is 7.31. The zero-order valence-electron chi connectivity index (χ0n) is 14.7. The standard InChI is InChI=1S/C19H22F3NO4/c20-19(21,22)27-16-7-5-12(6-8-16)14-9-15(18(25)26)11-23(10-14)17(24)13-3-1-2-4-13/h5-8,13-15H,1-4,9-11H2,(H,25,26). The number of hydrogen-bond acceptors (Lipinski definition) is 3. The number of hydrogen-bond donors (Lipinski definition) is 1. The van der Waals surface area contributed by atoms with Crippen molar-refractivity contribution in [2.24, 2.45) is 11.8 Å². The molecule has 3 rings (SSSR count). The van der Waals surface area contributed by atoms with Crippen LogP contribution in [-0.4, -0.2) is 41.3 Å². The number of carboxylic acid groups (broad SMARTS) is 1. The monoisotopic (exact) mass is 385 g/mol. The zero-order valence-corrected chi connectivity index (χ0v) is 14.7. The van der Waals surface area contributed by atoms with Crippen LogP contribution in [0.3, 0.4) is 0 Å². The lowest BCUT2D eigenvalue weighted by Crippen LogP contribution is -2.47. The molecule has 1 N–H and O–H groups in total. The molecular formula is C19H22F3NO4. The van der Waals surface area contributed by atoms with E-state index in [9.17, 15) is 27.9 Å². The summed E-state index contributed by atoms with van der Waals surface area (Å²) in [5.41, 5.74) is 0.708. The molecule has 27 heavy (non-hydrogen) atoms. The molecule has 0 bridgehead atoms. The van der Waals surface area contributed by atoms with Crippen molar-refractivity contribution in [1.29, 1.82) is 0 Å². The third-order valence-corrected chi connectivity index (χ3v) is 5.40. The van der Waals surface area contributed by atoms with Gasteiger partial charge in [-0.1, -0.05) is 25.0 Å². The number of halogens is 3. The van der Waals surface area contributed by atoms with E-state index in [1.54, 1.807) is 4.90 Å². The fourth-order valence-corrected chi connectivity index (χ4v) is 4.07. The highest BCUT2D eigenvalue weighted by atomic mass is 19.4. The van der Waals surface area contributed by atoms with Crippen molar-refractivity contribution >= 4 is 11.9 Å². The van der Waals surface area contributed by atoms with Crippen molar-refractivity contribution in [2.45, 2.75) is 44.4 Å². The number of aliphatic carboxylic acids is 1. The van der Waals surface area contributed by atoms with Crippen LogP contribution in [0.5, 0.6) is 5.75 Å². The fraction of sp³-hybridized carbons (Fsp3) is 0.579. The average molecular weight is 385 g/mol. The van der Waals surface area contributed by atoms with Crippen molar-refractivity contribution in [2.75, 3.05) is 13.1 Å². The van der Waals surface area contributed by atoms with E-state index in [1.165, 1.54) is 24.3 Å². The van der Waals surface area contributed by atoms with E-state index in [1.807, 2.05) is 0 Å². The van der Waals surface area contributed by atoms with Crippen molar-refractivity contribution in [1.82, 2.24) is 4.90 Å². The number of carbonyl (C=O) groups is 2. The Morgan fingerprint density at radius 3 is 2.22 bits per heavy atom. The van der Waals surface area contributed by atoms with E-state index in [0.717, 1.165) is 25.7 Å². The predicted octanol–water partition coefficient (Wildman–Crippen LogP) is 3.79. The quantitative estimate of drug-likeness (QED) is 0.856. The van der Waals surface area contributed by atoms with Gasteiger partial charge in [0.05, 0.1) is 5.92 Å². The lowest BCUT2D eigenvalue weighted by Gasteiger charge is -2.37. The maximum Gasteiger partial charge on any atom is 0.573 e. The first-order chi connectivity index (χ1) is 12.7. The van der Waals surface area contributed by atoms with Gasteiger partial charge in [0.2, 0.25) is 5.91 Å². The molecule has 1 saturated heterocycles. The maximum absolute atomic E-state index is 12.7. The zero-order chi connectivity index (χ0) is 19.6. The first kappa shape index (κ1) is 19.5. The third-order valence-electron chi connectivity index (χ3n) is 5.40. The van der Waals surface area contributed by atoms with E-state index in [0.29, 0.717) is 18.5 Å². The number of likely N-dealkylation sites (tertiary alicyclic amines) is 1. The molecular weight excluding hydrogens is 363 g/mol. The van der Waals surface area contributed by atoms with Gasteiger partial charge in [0.1, 0.15) is 5.75 Å². The molecule has 2 unspecified atom stereocenters. The Bertz CT molecular complexity index is 683. The molecule has 1 aromatic rings. The molecule has 1 heterocycles. The molecule has 1 aromatic carbocycles. The highest BCUT2D eigenvalue weighted by Crippen LogP contribution is 2.35. The first-order valence-electron chi connectivity index (χ1n) is 9.10. The third kappa shape index (κ3) is 4.93. The molecule has 0 aromatic heterocycles. The van der Waals surface area contributed by atoms with Crippen LogP contribution in [-0.2, 0) is 9.59 Å². The molecule has 2 fully saturated rings. The van der Waals surface area contributed by atoms with Gasteiger partial charge in [-0.15, -0.1) is 13.2 Å². The number of alkyl halides is 3. The average Bonchev–Trinajstić information content (AvgIpc) is 3.14. The van der Waals surface area contributed by atoms with Gasteiger partial charge in [-0.05, 0) is 37.0 Å². The van der Waals surface area contributed by atoms with Crippen molar-refractivity contribution < 1.29 is 32.6 Å². The van der Waals surface area contributed by atoms with Gasteiger partial charge in [-0.25, -0.2) is 0 Å². The summed E-state index contributed by atoms with van der Waals surface area (Å²) in [6.45, 7) is 0.578. The lowest BCUT2D eigenvalue weighted by atomic mass is 9.84. The van der Waals surface area contributed by atoms with Crippen LogP contribution in [0.4, 0.5) is 13.2 Å². The number of benzene rings is 1. The Morgan fingerprint density at radius 1 is 1.04 bits per heavy atom. The summed E-state index contributed by atoms with van der Waals surface area (Å²) >= 11 is 0. The number of ether oxygens (including phenoxy) is 1. The molecule has 2 aliphatic rings. The van der Waals surface area contributed by atoms with Crippen LogP contribution >= 0.6 is 0 Å². The Hall–Kier alpha value is -2.25. The number of piperidine rings is 1. The number of nitrogens with zero attached hydrogens (tertiary/aromatic N) is 1. The minimum atomic E-state index is -4.76. The number of carboxylic acids is 1. The Morgan fingerprint density at radius 2 is 1.67 bits per heavy atom. The summed E-state index contributed by atoms with van der Waals surface area (Å²) < 4.78 is 40.8. The molecule has 2 atom stereocenters. The largest absolute Gasteiger partial charge is 0.573 e. The van der Waals surface area contributed by atoms with Crippen molar-refractivity contribution in [3.8, 4) is 5.75 Å². The van der Waals surface area contributed by atoms with Crippen LogP contribution in [0.2, 0.25) is 0 Å². The number of amides is 1. The molecule has 5 nitrogen and oxygen atoms in total. The van der Waals surface area contributed by atoms with E-state index in [-0.39, 0.29) is 30.0 Å². The SMILES string of the molecule is O=C(O)C1CC(c2ccc(OC(F)(F)F)cc2)CN(C(=O)C2CCCC2)C1. The second-order valence-electron chi connectivity index (χ2n) is 7.31. The van der Waals surface area contributed by atoms with Crippen LogP contribution in [0.1, 0.15) is 43.6 Å². The van der Waals surface area contributed by atoms with Crippen LogP contribution in [0.25, 0.3) is 0 Å².